The Hall–Kier alpha value is -3.85. The zero-order chi connectivity index (χ0) is 24.2. The third-order valence-corrected chi connectivity index (χ3v) is 5.87. The van der Waals surface area contributed by atoms with E-state index in [1.54, 1.807) is 36.4 Å². The SMILES string of the molecule is Cc1ccc(C(=O)Nc2cccc(C(=O)OCc3cc(=O)n4nc(CC(C)C)sc4n3)c2)cc1. The number of hydrogen-bond donors (Lipinski definition) is 1. The molecule has 0 aliphatic rings. The number of nitrogens with one attached hydrogen (secondary N) is 1. The highest BCUT2D eigenvalue weighted by atomic mass is 32.1. The van der Waals surface area contributed by atoms with Crippen molar-refractivity contribution in [2.45, 2.75) is 33.8 Å². The highest BCUT2D eigenvalue weighted by Gasteiger charge is 2.14. The zero-order valence-electron chi connectivity index (χ0n) is 19.1. The highest BCUT2D eigenvalue weighted by molar-refractivity contribution is 7.16. The zero-order valence-corrected chi connectivity index (χ0v) is 19.9. The summed E-state index contributed by atoms with van der Waals surface area (Å²) in [4.78, 5) is 42.3. The molecule has 0 unspecified atom stereocenters. The lowest BCUT2D eigenvalue weighted by atomic mass is 10.1. The van der Waals surface area contributed by atoms with Gasteiger partial charge in [-0.1, -0.05) is 48.9 Å². The van der Waals surface area contributed by atoms with E-state index in [4.69, 9.17) is 4.74 Å². The van der Waals surface area contributed by atoms with Crippen LogP contribution in [-0.2, 0) is 17.8 Å². The van der Waals surface area contributed by atoms with Gasteiger partial charge in [-0.05, 0) is 43.2 Å². The van der Waals surface area contributed by atoms with Crippen molar-refractivity contribution in [3.05, 3.63) is 92.3 Å². The highest BCUT2D eigenvalue weighted by Crippen LogP contribution is 2.17. The van der Waals surface area contributed by atoms with Crippen molar-refractivity contribution in [2.75, 3.05) is 5.32 Å². The van der Waals surface area contributed by atoms with Gasteiger partial charge in [0.25, 0.3) is 11.5 Å². The molecule has 0 saturated heterocycles. The third-order valence-electron chi connectivity index (χ3n) is 4.94. The van der Waals surface area contributed by atoms with E-state index < -0.39 is 5.97 Å². The summed E-state index contributed by atoms with van der Waals surface area (Å²) in [5.74, 6) is -0.447. The number of benzene rings is 2. The van der Waals surface area contributed by atoms with Crippen molar-refractivity contribution in [1.82, 2.24) is 14.6 Å². The minimum atomic E-state index is -0.585. The summed E-state index contributed by atoms with van der Waals surface area (Å²) in [6.07, 6.45) is 0.759. The number of hydrogen-bond acceptors (Lipinski definition) is 7. The first kappa shape index (κ1) is 23.3. The van der Waals surface area contributed by atoms with Crippen LogP contribution < -0.4 is 10.9 Å². The number of aryl methyl sites for hydroxylation is 1. The predicted octanol–water partition coefficient (Wildman–Crippen LogP) is 4.27. The summed E-state index contributed by atoms with van der Waals surface area (Å²) in [6, 6.07) is 15.0. The number of ether oxygens (including phenoxy) is 1. The number of amides is 1. The van der Waals surface area contributed by atoms with Crippen molar-refractivity contribution >= 4 is 33.9 Å². The molecular formula is C25H24N4O4S. The van der Waals surface area contributed by atoms with Gasteiger partial charge in [0.15, 0.2) is 0 Å². The largest absolute Gasteiger partial charge is 0.456 e. The Bertz CT molecular complexity index is 1410. The molecule has 2 aromatic heterocycles. The number of nitrogens with zero attached hydrogens (tertiary/aromatic N) is 3. The quantitative estimate of drug-likeness (QED) is 0.400. The van der Waals surface area contributed by atoms with E-state index in [0.717, 1.165) is 17.0 Å². The fourth-order valence-electron chi connectivity index (χ4n) is 3.26. The standard InChI is InChI=1S/C25H24N4O4S/c1-15(2)11-21-28-29-22(30)13-20(27-25(29)34-21)14-33-24(32)18-5-4-6-19(12-18)26-23(31)17-9-7-16(3)8-10-17/h4-10,12-13,15H,11,14H2,1-3H3,(H,26,31). The molecule has 0 saturated carbocycles. The van der Waals surface area contributed by atoms with Crippen molar-refractivity contribution in [3.8, 4) is 0 Å². The normalized spacial score (nSPS) is 11.1. The van der Waals surface area contributed by atoms with E-state index in [2.05, 4.69) is 29.2 Å². The maximum Gasteiger partial charge on any atom is 0.338 e. The molecule has 174 valence electrons. The first-order valence-electron chi connectivity index (χ1n) is 10.8. The molecule has 0 fully saturated rings. The van der Waals surface area contributed by atoms with Crippen molar-refractivity contribution in [2.24, 2.45) is 5.92 Å². The Morgan fingerprint density at radius 1 is 1.09 bits per heavy atom. The molecule has 34 heavy (non-hydrogen) atoms. The average molecular weight is 477 g/mol. The second-order valence-corrected chi connectivity index (χ2v) is 9.39. The summed E-state index contributed by atoms with van der Waals surface area (Å²) < 4.78 is 6.64. The van der Waals surface area contributed by atoms with Crippen molar-refractivity contribution < 1.29 is 14.3 Å². The molecule has 0 bridgehead atoms. The number of carbonyl (C=O) groups is 2. The van der Waals surface area contributed by atoms with Crippen LogP contribution in [0.25, 0.3) is 4.96 Å². The van der Waals surface area contributed by atoms with Gasteiger partial charge in [0.05, 0.1) is 11.3 Å². The average Bonchev–Trinajstić information content (AvgIpc) is 3.20. The van der Waals surface area contributed by atoms with E-state index in [9.17, 15) is 14.4 Å². The summed E-state index contributed by atoms with van der Waals surface area (Å²) in [6.45, 7) is 5.95. The lowest BCUT2D eigenvalue weighted by Crippen LogP contribution is -2.17. The number of aromatic nitrogens is 3. The van der Waals surface area contributed by atoms with Crippen LogP contribution in [-0.4, -0.2) is 26.5 Å². The molecule has 2 heterocycles. The van der Waals surface area contributed by atoms with Gasteiger partial charge in [-0.15, -0.1) is 0 Å². The molecule has 0 atom stereocenters. The monoisotopic (exact) mass is 476 g/mol. The topological polar surface area (TPSA) is 103 Å². The number of carbonyl (C=O) groups excluding carboxylic acids is 2. The lowest BCUT2D eigenvalue weighted by molar-refractivity contribution is 0.0467. The van der Waals surface area contributed by atoms with Crippen LogP contribution in [0.1, 0.15) is 50.8 Å². The van der Waals surface area contributed by atoms with Crippen LogP contribution in [0.15, 0.2) is 59.4 Å². The van der Waals surface area contributed by atoms with E-state index in [-0.39, 0.29) is 23.6 Å². The molecule has 1 amide bonds. The van der Waals surface area contributed by atoms with Gasteiger partial charge in [-0.3, -0.25) is 9.59 Å². The Morgan fingerprint density at radius 3 is 2.59 bits per heavy atom. The molecule has 4 rings (SSSR count). The van der Waals surface area contributed by atoms with Gasteiger partial charge in [0.1, 0.15) is 11.6 Å². The van der Waals surface area contributed by atoms with Crippen LogP contribution in [0.5, 0.6) is 0 Å². The molecule has 0 aliphatic carbocycles. The van der Waals surface area contributed by atoms with Gasteiger partial charge >= 0.3 is 5.97 Å². The molecule has 2 aromatic carbocycles. The summed E-state index contributed by atoms with van der Waals surface area (Å²) in [5, 5.41) is 7.93. The number of esters is 1. The van der Waals surface area contributed by atoms with E-state index in [1.165, 1.54) is 21.9 Å². The third kappa shape index (κ3) is 5.55. The molecule has 9 heteroatoms. The van der Waals surface area contributed by atoms with Crippen LogP contribution in [0, 0.1) is 12.8 Å². The molecule has 0 spiro atoms. The van der Waals surface area contributed by atoms with E-state index in [1.807, 2.05) is 19.1 Å². The number of fused-ring (bicyclic) bond motifs is 1. The summed E-state index contributed by atoms with van der Waals surface area (Å²) >= 11 is 1.35. The predicted molar refractivity (Wildman–Crippen MR) is 130 cm³/mol. The maximum atomic E-state index is 12.6. The van der Waals surface area contributed by atoms with Crippen LogP contribution >= 0.6 is 11.3 Å². The maximum absolute atomic E-state index is 12.6. The second-order valence-electron chi connectivity index (χ2n) is 8.35. The molecule has 8 nitrogen and oxygen atoms in total. The van der Waals surface area contributed by atoms with Crippen molar-refractivity contribution in [1.29, 1.82) is 0 Å². The number of anilines is 1. The van der Waals surface area contributed by atoms with Gasteiger partial charge in [-0.25, -0.2) is 9.78 Å². The second kappa shape index (κ2) is 9.96. The van der Waals surface area contributed by atoms with Crippen molar-refractivity contribution in [3.63, 3.8) is 0 Å². The van der Waals surface area contributed by atoms with Crippen LogP contribution in [0.3, 0.4) is 0 Å². The molecule has 0 radical (unpaired) electrons. The Balaban J connectivity index is 1.43. The van der Waals surface area contributed by atoms with Gasteiger partial charge in [0.2, 0.25) is 4.96 Å². The fraction of sp³-hybridized carbons (Fsp3) is 0.240. The summed E-state index contributed by atoms with van der Waals surface area (Å²) in [7, 11) is 0. The Morgan fingerprint density at radius 2 is 1.85 bits per heavy atom. The lowest BCUT2D eigenvalue weighted by Gasteiger charge is -2.08. The molecule has 4 aromatic rings. The van der Waals surface area contributed by atoms with E-state index >= 15 is 0 Å². The Kier molecular flexibility index (Phi) is 6.83. The van der Waals surface area contributed by atoms with Crippen LogP contribution in [0.2, 0.25) is 0 Å². The molecular weight excluding hydrogens is 452 g/mol. The van der Waals surface area contributed by atoms with E-state index in [0.29, 0.717) is 27.8 Å². The summed E-state index contributed by atoms with van der Waals surface area (Å²) in [5.41, 5.74) is 2.36. The van der Waals surface area contributed by atoms with Gasteiger partial charge in [-0.2, -0.15) is 9.61 Å². The van der Waals surface area contributed by atoms with Crippen LogP contribution in [0.4, 0.5) is 5.69 Å². The number of rotatable bonds is 7. The fourth-order valence-corrected chi connectivity index (χ4v) is 4.39. The first-order chi connectivity index (χ1) is 16.3. The minimum absolute atomic E-state index is 0.151. The smallest absolute Gasteiger partial charge is 0.338 e. The van der Waals surface area contributed by atoms with Gasteiger partial charge < -0.3 is 10.1 Å². The first-order valence-corrected chi connectivity index (χ1v) is 11.6. The van der Waals surface area contributed by atoms with Gasteiger partial charge in [0, 0.05) is 23.7 Å². The minimum Gasteiger partial charge on any atom is -0.456 e. The molecule has 1 N–H and O–H groups in total. The Labute approximate surface area is 200 Å². The molecule has 0 aliphatic heterocycles.